The van der Waals surface area contributed by atoms with Crippen molar-refractivity contribution >= 4 is 43.7 Å². The molecule has 0 saturated heterocycles. The minimum absolute atomic E-state index is 0.151. The molecule has 194 valence electrons. The van der Waals surface area contributed by atoms with Crippen LogP contribution in [0.2, 0.25) is 0 Å². The molecule has 0 fully saturated rings. The van der Waals surface area contributed by atoms with Crippen molar-refractivity contribution in [2.75, 3.05) is 0 Å². The van der Waals surface area contributed by atoms with Crippen molar-refractivity contribution in [3.63, 3.8) is 0 Å². The molecule has 2 heterocycles. The molecular formula is C39H27NO. The monoisotopic (exact) mass is 525 g/mol. The molecule has 0 amide bonds. The van der Waals surface area contributed by atoms with E-state index >= 15 is 0 Å². The maximum Gasteiger partial charge on any atom is 0.143 e. The first-order chi connectivity index (χ1) is 20.1. The van der Waals surface area contributed by atoms with Gasteiger partial charge >= 0.3 is 0 Å². The molecule has 0 atom stereocenters. The van der Waals surface area contributed by atoms with Crippen LogP contribution in [0.4, 0.5) is 0 Å². The topological polar surface area (TPSA) is 18.1 Å². The molecule has 0 N–H and O–H groups in total. The van der Waals surface area contributed by atoms with Crippen LogP contribution in [0.3, 0.4) is 0 Å². The normalized spacial score (nSPS) is 13.8. The molecule has 0 unspecified atom stereocenters. The van der Waals surface area contributed by atoms with E-state index in [9.17, 15) is 0 Å². The Kier molecular flexibility index (Phi) is 4.42. The van der Waals surface area contributed by atoms with Gasteiger partial charge in [0.15, 0.2) is 0 Å². The zero-order chi connectivity index (χ0) is 27.3. The van der Waals surface area contributed by atoms with E-state index in [1.807, 2.05) is 6.07 Å². The van der Waals surface area contributed by atoms with Crippen LogP contribution in [0.25, 0.3) is 71.7 Å². The molecule has 9 rings (SSSR count). The maximum atomic E-state index is 6.51. The first-order valence-corrected chi connectivity index (χ1v) is 14.3. The molecule has 0 spiro atoms. The van der Waals surface area contributed by atoms with E-state index in [1.54, 1.807) is 0 Å². The summed E-state index contributed by atoms with van der Waals surface area (Å²) < 4.78 is 8.95. The van der Waals surface area contributed by atoms with Gasteiger partial charge in [0.2, 0.25) is 0 Å². The van der Waals surface area contributed by atoms with Gasteiger partial charge in [-0.25, -0.2) is 0 Å². The van der Waals surface area contributed by atoms with Crippen LogP contribution in [0, 0.1) is 0 Å². The van der Waals surface area contributed by atoms with E-state index in [0.29, 0.717) is 0 Å². The zero-order valence-corrected chi connectivity index (χ0v) is 23.0. The Morgan fingerprint density at radius 3 is 2.15 bits per heavy atom. The van der Waals surface area contributed by atoms with Crippen molar-refractivity contribution in [1.29, 1.82) is 0 Å². The summed E-state index contributed by atoms with van der Waals surface area (Å²) >= 11 is 0. The van der Waals surface area contributed by atoms with E-state index < -0.39 is 0 Å². The molecule has 0 radical (unpaired) electrons. The molecule has 6 aromatic carbocycles. The predicted octanol–water partition coefficient (Wildman–Crippen LogP) is 10.7. The molecule has 2 heteroatoms. The number of fused-ring (bicyclic) bond motifs is 10. The number of aromatic nitrogens is 1. The first-order valence-electron chi connectivity index (χ1n) is 14.3. The van der Waals surface area contributed by atoms with Crippen molar-refractivity contribution < 1.29 is 4.42 Å². The highest BCUT2D eigenvalue weighted by Gasteiger charge is 2.38. The van der Waals surface area contributed by atoms with Crippen LogP contribution in [0.5, 0.6) is 0 Å². The number of para-hydroxylation sites is 2. The second-order valence-corrected chi connectivity index (χ2v) is 11.8. The molecule has 41 heavy (non-hydrogen) atoms. The summed E-state index contributed by atoms with van der Waals surface area (Å²) in [6.45, 7) is 4.69. The lowest BCUT2D eigenvalue weighted by Gasteiger charge is -2.22. The Balaban J connectivity index is 1.31. The lowest BCUT2D eigenvalue weighted by molar-refractivity contribution is 0.653. The van der Waals surface area contributed by atoms with E-state index in [-0.39, 0.29) is 5.41 Å². The highest BCUT2D eigenvalue weighted by molar-refractivity contribution is 6.12. The minimum Gasteiger partial charge on any atom is -0.455 e. The van der Waals surface area contributed by atoms with Crippen LogP contribution in [0.15, 0.2) is 132 Å². The number of hydrogen-bond donors (Lipinski definition) is 0. The largest absolute Gasteiger partial charge is 0.455 e. The van der Waals surface area contributed by atoms with Crippen molar-refractivity contribution in [3.05, 3.63) is 139 Å². The second-order valence-electron chi connectivity index (χ2n) is 11.8. The Morgan fingerprint density at radius 2 is 1.27 bits per heavy atom. The molecule has 0 bridgehead atoms. The van der Waals surface area contributed by atoms with Gasteiger partial charge in [-0.3, -0.25) is 0 Å². The number of rotatable bonds is 2. The van der Waals surface area contributed by atoms with Crippen LogP contribution in [-0.4, -0.2) is 4.57 Å². The summed E-state index contributed by atoms with van der Waals surface area (Å²) in [5.41, 5.74) is 13.0. The molecule has 1 aliphatic rings. The molecule has 0 aliphatic heterocycles. The summed E-state index contributed by atoms with van der Waals surface area (Å²) in [6.07, 6.45) is 0. The van der Waals surface area contributed by atoms with Gasteiger partial charge in [0, 0.05) is 38.2 Å². The maximum absolute atomic E-state index is 6.51. The Bertz CT molecular complexity index is 2330. The van der Waals surface area contributed by atoms with Gasteiger partial charge in [-0.2, -0.15) is 0 Å². The summed E-state index contributed by atoms with van der Waals surface area (Å²) in [6, 6.07) is 46.2. The summed E-state index contributed by atoms with van der Waals surface area (Å²) in [7, 11) is 0. The van der Waals surface area contributed by atoms with E-state index in [0.717, 1.165) is 11.2 Å². The molecule has 8 aromatic rings. The van der Waals surface area contributed by atoms with Crippen molar-refractivity contribution in [2.24, 2.45) is 0 Å². The van der Waals surface area contributed by atoms with Crippen molar-refractivity contribution in [1.82, 2.24) is 4.57 Å². The smallest absolute Gasteiger partial charge is 0.143 e. The minimum atomic E-state index is -0.151. The summed E-state index contributed by atoms with van der Waals surface area (Å²) in [5.74, 6) is 0. The van der Waals surface area contributed by atoms with Gasteiger partial charge in [-0.05, 0) is 58.1 Å². The number of hydrogen-bond acceptors (Lipinski definition) is 1. The fraction of sp³-hybridized carbons (Fsp3) is 0.0769. The number of benzene rings is 6. The van der Waals surface area contributed by atoms with Crippen LogP contribution >= 0.6 is 0 Å². The quantitative estimate of drug-likeness (QED) is 0.219. The molecule has 0 saturated carbocycles. The van der Waals surface area contributed by atoms with Gasteiger partial charge < -0.3 is 8.98 Å². The average molecular weight is 526 g/mol. The number of nitrogens with zero attached hydrogens (tertiary/aromatic N) is 1. The lowest BCUT2D eigenvalue weighted by atomic mass is 9.82. The van der Waals surface area contributed by atoms with Crippen LogP contribution in [0.1, 0.15) is 25.0 Å². The third-order valence-corrected chi connectivity index (χ3v) is 9.21. The van der Waals surface area contributed by atoms with Crippen LogP contribution in [-0.2, 0) is 5.41 Å². The fourth-order valence-corrected chi connectivity index (χ4v) is 7.19. The van der Waals surface area contributed by atoms with Crippen molar-refractivity contribution in [2.45, 2.75) is 19.3 Å². The van der Waals surface area contributed by atoms with Gasteiger partial charge in [-0.1, -0.05) is 111 Å². The third-order valence-electron chi connectivity index (χ3n) is 9.21. The predicted molar refractivity (Wildman–Crippen MR) is 171 cm³/mol. The summed E-state index contributed by atoms with van der Waals surface area (Å²) in [4.78, 5) is 0. The molecular weight excluding hydrogens is 498 g/mol. The van der Waals surface area contributed by atoms with Gasteiger partial charge in [-0.15, -0.1) is 0 Å². The Morgan fingerprint density at radius 1 is 0.537 bits per heavy atom. The van der Waals surface area contributed by atoms with E-state index in [1.165, 1.54) is 71.6 Å². The average Bonchev–Trinajstić information content (AvgIpc) is 3.63. The Labute approximate surface area is 238 Å². The highest BCUT2D eigenvalue weighted by atomic mass is 16.3. The number of furan rings is 1. The molecule has 2 aromatic heterocycles. The van der Waals surface area contributed by atoms with Gasteiger partial charge in [0.05, 0.1) is 11.0 Å². The Hall–Kier alpha value is -5.08. The van der Waals surface area contributed by atoms with Gasteiger partial charge in [0.1, 0.15) is 11.2 Å². The second kappa shape index (κ2) is 7.99. The fourth-order valence-electron chi connectivity index (χ4n) is 7.19. The van der Waals surface area contributed by atoms with Gasteiger partial charge in [0.25, 0.3) is 0 Å². The molecule has 2 nitrogen and oxygen atoms in total. The highest BCUT2D eigenvalue weighted by Crippen LogP contribution is 2.53. The third kappa shape index (κ3) is 3.02. The molecule has 1 aliphatic carbocycles. The zero-order valence-electron chi connectivity index (χ0n) is 23.0. The van der Waals surface area contributed by atoms with Crippen LogP contribution < -0.4 is 0 Å². The SMILES string of the molecule is CC1(C)c2cc(-n3c4ccccc4c4ccc(-c5ccccc5)cc43)ccc2-c2c1ccc1c2oc2ccccc21. The van der Waals surface area contributed by atoms with Crippen molar-refractivity contribution in [3.8, 4) is 27.9 Å². The first kappa shape index (κ1) is 22.7. The van der Waals surface area contributed by atoms with E-state index in [4.69, 9.17) is 4.42 Å². The summed E-state index contributed by atoms with van der Waals surface area (Å²) in [5, 5.41) is 4.90. The van der Waals surface area contributed by atoms with E-state index in [2.05, 4.69) is 140 Å². The lowest BCUT2D eigenvalue weighted by Crippen LogP contribution is -2.15. The standard InChI is InChI=1S/C39H27NO/c1-39(2)32-21-20-30-29-13-7-9-15-36(29)41-38(30)37(32)31-19-17-26(23-33(31)39)40-34-14-8-6-12-27(34)28-18-16-25(22-35(28)40)24-10-4-3-5-11-24/h3-23H,1-2H3.